The topological polar surface area (TPSA) is 40.5 Å². The largest absolute Gasteiger partial charge is 0.393 e. The predicted octanol–water partition coefficient (Wildman–Crippen LogP) is 7.23. The first-order chi connectivity index (χ1) is 14.7. The molecule has 0 radical (unpaired) electrons. The van der Waals surface area contributed by atoms with Gasteiger partial charge >= 0.3 is 0 Å². The zero-order valence-corrected chi connectivity index (χ0v) is 20.9. The maximum absolute atomic E-state index is 10.2. The second-order valence-corrected chi connectivity index (χ2v) is 11.6. The summed E-state index contributed by atoms with van der Waals surface area (Å²) < 4.78 is 0. The van der Waals surface area contributed by atoms with Gasteiger partial charge < -0.3 is 10.2 Å². The van der Waals surface area contributed by atoms with E-state index in [1.165, 1.54) is 51.4 Å². The van der Waals surface area contributed by atoms with Crippen molar-refractivity contribution < 1.29 is 10.2 Å². The number of fused-ring (bicyclic) bond motifs is 1. The summed E-state index contributed by atoms with van der Waals surface area (Å²) in [5, 5.41) is 20.2. The zero-order valence-electron chi connectivity index (χ0n) is 20.9. The Labute approximate surface area is 191 Å². The van der Waals surface area contributed by atoms with Crippen LogP contribution < -0.4 is 0 Å². The van der Waals surface area contributed by atoms with Crippen LogP contribution in [0.1, 0.15) is 98.8 Å². The normalized spacial score (nSPS) is 38.6. The van der Waals surface area contributed by atoms with Crippen molar-refractivity contribution in [2.75, 3.05) is 0 Å². The van der Waals surface area contributed by atoms with E-state index in [9.17, 15) is 10.2 Å². The lowest BCUT2D eigenvalue weighted by atomic mass is 9.60. The lowest BCUT2D eigenvalue weighted by Gasteiger charge is -2.44. The Morgan fingerprint density at radius 1 is 1.13 bits per heavy atom. The van der Waals surface area contributed by atoms with E-state index in [-0.39, 0.29) is 0 Å². The smallest absolute Gasteiger partial charge is 0.0811 e. The molecule has 3 aliphatic carbocycles. The molecule has 31 heavy (non-hydrogen) atoms. The highest BCUT2D eigenvalue weighted by Gasteiger charge is 2.50. The van der Waals surface area contributed by atoms with Crippen LogP contribution in [0.25, 0.3) is 0 Å². The fourth-order valence-electron chi connectivity index (χ4n) is 7.37. The maximum Gasteiger partial charge on any atom is 0.0811 e. The first kappa shape index (κ1) is 24.8. The summed E-state index contributed by atoms with van der Waals surface area (Å²) in [5.74, 6) is 4.02. The Kier molecular flexibility index (Phi) is 8.30. The van der Waals surface area contributed by atoms with Crippen molar-refractivity contribution in [3.05, 3.63) is 35.5 Å². The van der Waals surface area contributed by atoms with Crippen LogP contribution in [0, 0.1) is 35.0 Å². The summed E-state index contributed by atoms with van der Waals surface area (Å²) in [6.07, 6.45) is 15.1. The zero-order chi connectivity index (χ0) is 22.8. The van der Waals surface area contributed by atoms with Crippen molar-refractivity contribution in [3.8, 4) is 0 Å². The Morgan fingerprint density at radius 2 is 1.87 bits per heavy atom. The van der Waals surface area contributed by atoms with Crippen molar-refractivity contribution in [1.29, 1.82) is 0 Å². The van der Waals surface area contributed by atoms with Crippen molar-refractivity contribution in [2.45, 2.75) is 111 Å². The third-order valence-corrected chi connectivity index (χ3v) is 9.45. The molecule has 0 amide bonds. The molecule has 176 valence electrons. The van der Waals surface area contributed by atoms with Crippen molar-refractivity contribution in [3.63, 3.8) is 0 Å². The van der Waals surface area contributed by atoms with Gasteiger partial charge in [-0.3, -0.25) is 0 Å². The quantitative estimate of drug-likeness (QED) is 0.449. The van der Waals surface area contributed by atoms with Gasteiger partial charge in [-0.15, -0.1) is 0 Å². The Balaban J connectivity index is 1.71. The van der Waals surface area contributed by atoms with Crippen molar-refractivity contribution in [2.24, 2.45) is 35.0 Å². The minimum Gasteiger partial charge on any atom is -0.393 e. The third-order valence-electron chi connectivity index (χ3n) is 9.45. The molecule has 3 aliphatic rings. The molecule has 7 atom stereocenters. The van der Waals surface area contributed by atoms with Crippen LogP contribution in [0.3, 0.4) is 0 Å². The molecular formula is C29H48O2. The number of allylic oxidation sites excluding steroid dienone is 3. The summed E-state index contributed by atoms with van der Waals surface area (Å²) in [5.41, 5.74) is 3.87. The first-order valence-corrected chi connectivity index (χ1v) is 13.1. The van der Waals surface area contributed by atoms with Crippen molar-refractivity contribution in [1.82, 2.24) is 0 Å². The molecule has 0 spiro atoms. The molecule has 0 heterocycles. The van der Waals surface area contributed by atoms with E-state index in [1.807, 2.05) is 0 Å². The third kappa shape index (κ3) is 5.38. The van der Waals surface area contributed by atoms with Crippen LogP contribution >= 0.6 is 0 Å². The molecule has 0 aliphatic heterocycles. The fraction of sp³-hybridized carbons (Fsp3) is 0.793. The molecule has 0 aromatic heterocycles. The fourth-order valence-corrected chi connectivity index (χ4v) is 7.37. The second kappa shape index (κ2) is 10.4. The number of hydrogen-bond acceptors (Lipinski definition) is 2. The SMILES string of the molecule is C=C1/C(=C\C=C2/CCC[C@]3(C)[C@@H]([C@H](C)CC[C@@H](CC)C(C)C)CC[C@@H]23)C[C@@H](O)C[C@@H]1O. The maximum atomic E-state index is 10.2. The minimum atomic E-state index is -0.598. The highest BCUT2D eigenvalue weighted by atomic mass is 16.3. The molecule has 3 fully saturated rings. The van der Waals surface area contributed by atoms with Gasteiger partial charge in [0.15, 0.2) is 0 Å². The van der Waals surface area contributed by atoms with E-state index in [0.717, 1.165) is 34.8 Å². The van der Waals surface area contributed by atoms with Crippen LogP contribution in [-0.4, -0.2) is 22.4 Å². The molecule has 0 aromatic carbocycles. The van der Waals surface area contributed by atoms with Gasteiger partial charge in [-0.25, -0.2) is 0 Å². The number of aliphatic hydroxyl groups is 2. The van der Waals surface area contributed by atoms with Crippen LogP contribution in [0.2, 0.25) is 0 Å². The number of aliphatic hydroxyl groups excluding tert-OH is 2. The summed E-state index contributed by atoms with van der Waals surface area (Å²) in [7, 11) is 0. The summed E-state index contributed by atoms with van der Waals surface area (Å²) in [4.78, 5) is 0. The average molecular weight is 429 g/mol. The summed E-state index contributed by atoms with van der Waals surface area (Å²) >= 11 is 0. The average Bonchev–Trinajstić information content (AvgIpc) is 3.07. The standard InChI is InChI=1S/C29H48O2/c1-7-22(19(2)3)11-10-20(4)26-14-15-27-23(9-8-16-29(26,27)6)12-13-24-17-25(30)18-28(31)21(24)5/h12-13,19-20,22,25-28,30-31H,5,7-11,14-18H2,1-4,6H3/b23-12+,24-13-/t20-,22-,25-,26-,27+,28+,29-/m1/s1. The highest BCUT2D eigenvalue weighted by Crippen LogP contribution is 2.60. The van der Waals surface area contributed by atoms with Gasteiger partial charge in [-0.2, -0.15) is 0 Å². The van der Waals surface area contributed by atoms with E-state index in [4.69, 9.17) is 0 Å². The van der Waals surface area contributed by atoms with Crippen LogP contribution in [0.5, 0.6) is 0 Å². The van der Waals surface area contributed by atoms with Crippen LogP contribution in [0.4, 0.5) is 0 Å². The lowest BCUT2D eigenvalue weighted by Crippen LogP contribution is -2.36. The highest BCUT2D eigenvalue weighted by molar-refractivity contribution is 5.38. The number of hydrogen-bond donors (Lipinski definition) is 2. The molecule has 0 unspecified atom stereocenters. The van der Waals surface area contributed by atoms with Gasteiger partial charge in [-0.1, -0.05) is 71.8 Å². The van der Waals surface area contributed by atoms with Gasteiger partial charge in [-0.05, 0) is 91.1 Å². The van der Waals surface area contributed by atoms with Crippen LogP contribution in [-0.2, 0) is 0 Å². The van der Waals surface area contributed by atoms with Gasteiger partial charge in [0.05, 0.1) is 12.2 Å². The predicted molar refractivity (Wildman–Crippen MR) is 132 cm³/mol. The molecule has 2 N–H and O–H groups in total. The minimum absolute atomic E-state index is 0.419. The molecule has 0 bridgehead atoms. The molecule has 0 aromatic rings. The molecule has 2 heteroatoms. The van der Waals surface area contributed by atoms with Crippen molar-refractivity contribution >= 4 is 0 Å². The Morgan fingerprint density at radius 3 is 2.55 bits per heavy atom. The van der Waals surface area contributed by atoms with E-state index in [1.54, 1.807) is 5.57 Å². The number of rotatable bonds is 7. The van der Waals surface area contributed by atoms with E-state index in [2.05, 4.69) is 53.3 Å². The van der Waals surface area contributed by atoms with Gasteiger partial charge in [0.25, 0.3) is 0 Å². The van der Waals surface area contributed by atoms with E-state index < -0.39 is 12.2 Å². The van der Waals surface area contributed by atoms with E-state index in [0.29, 0.717) is 24.2 Å². The first-order valence-electron chi connectivity index (χ1n) is 13.1. The molecule has 2 nitrogen and oxygen atoms in total. The molecule has 3 rings (SSSR count). The molecule has 3 saturated carbocycles. The summed E-state index contributed by atoms with van der Waals surface area (Å²) in [6, 6.07) is 0. The van der Waals surface area contributed by atoms with Gasteiger partial charge in [0.2, 0.25) is 0 Å². The molecular weight excluding hydrogens is 380 g/mol. The van der Waals surface area contributed by atoms with E-state index >= 15 is 0 Å². The monoisotopic (exact) mass is 428 g/mol. The molecule has 0 saturated heterocycles. The summed E-state index contributed by atoms with van der Waals surface area (Å²) in [6.45, 7) is 16.3. The van der Waals surface area contributed by atoms with Gasteiger partial charge in [0.1, 0.15) is 0 Å². The van der Waals surface area contributed by atoms with Gasteiger partial charge in [0, 0.05) is 6.42 Å². The van der Waals surface area contributed by atoms with Crippen LogP contribution in [0.15, 0.2) is 35.5 Å². The Hall–Kier alpha value is -0.860. The Bertz CT molecular complexity index is 687. The lowest BCUT2D eigenvalue weighted by molar-refractivity contribution is 0.0860. The second-order valence-electron chi connectivity index (χ2n) is 11.6.